The second-order valence-corrected chi connectivity index (χ2v) is 4.00. The van der Waals surface area contributed by atoms with Crippen molar-refractivity contribution in [2.45, 2.75) is 19.3 Å². The van der Waals surface area contributed by atoms with E-state index in [1.165, 1.54) is 38.9 Å². The molecule has 1 aliphatic heterocycles. The zero-order valence-electron chi connectivity index (χ0n) is 7.13. The molecule has 2 unspecified atom stereocenters. The third-order valence-electron chi connectivity index (χ3n) is 3.06. The zero-order valence-corrected chi connectivity index (χ0v) is 7.13. The van der Waals surface area contributed by atoms with Crippen LogP contribution in [0.3, 0.4) is 0 Å². The molecular formula is C9H18N2. The van der Waals surface area contributed by atoms with E-state index < -0.39 is 0 Å². The average molecular weight is 154 g/mol. The summed E-state index contributed by atoms with van der Waals surface area (Å²) in [5.41, 5.74) is 5.58. The van der Waals surface area contributed by atoms with Crippen molar-refractivity contribution in [3.8, 4) is 0 Å². The third-order valence-corrected chi connectivity index (χ3v) is 3.06. The van der Waals surface area contributed by atoms with E-state index in [9.17, 15) is 0 Å². The lowest BCUT2D eigenvalue weighted by Gasteiger charge is -2.13. The Balaban J connectivity index is 1.66. The van der Waals surface area contributed by atoms with Crippen molar-refractivity contribution in [3.05, 3.63) is 0 Å². The number of rotatable bonds is 3. The van der Waals surface area contributed by atoms with Crippen molar-refractivity contribution < 1.29 is 0 Å². The monoisotopic (exact) mass is 154 g/mol. The third kappa shape index (κ3) is 1.74. The van der Waals surface area contributed by atoms with Gasteiger partial charge in [0.15, 0.2) is 0 Å². The van der Waals surface area contributed by atoms with Crippen LogP contribution in [0.25, 0.3) is 0 Å². The molecule has 1 saturated heterocycles. The molecule has 0 amide bonds. The Labute approximate surface area is 68.7 Å². The Bertz CT molecular complexity index is 130. The molecule has 2 N–H and O–H groups in total. The summed E-state index contributed by atoms with van der Waals surface area (Å²) < 4.78 is 0. The van der Waals surface area contributed by atoms with Crippen LogP contribution in [0.4, 0.5) is 0 Å². The van der Waals surface area contributed by atoms with Crippen molar-refractivity contribution in [3.63, 3.8) is 0 Å². The van der Waals surface area contributed by atoms with E-state index in [4.69, 9.17) is 5.73 Å². The molecule has 2 atom stereocenters. The Morgan fingerprint density at radius 2 is 1.91 bits per heavy atom. The summed E-state index contributed by atoms with van der Waals surface area (Å²) in [5.74, 6) is 1.83. The molecule has 1 saturated carbocycles. The molecule has 2 nitrogen and oxygen atoms in total. The minimum atomic E-state index is 0.871. The predicted octanol–water partition coefficient (Wildman–Crippen LogP) is 0.677. The van der Waals surface area contributed by atoms with Gasteiger partial charge in [-0.2, -0.15) is 0 Å². The van der Waals surface area contributed by atoms with Gasteiger partial charge >= 0.3 is 0 Å². The lowest BCUT2D eigenvalue weighted by molar-refractivity contribution is 0.317. The first-order valence-corrected chi connectivity index (χ1v) is 4.82. The fraction of sp³-hybridized carbons (Fsp3) is 1.00. The van der Waals surface area contributed by atoms with Gasteiger partial charge in [-0.15, -0.1) is 0 Å². The largest absolute Gasteiger partial charge is 0.330 e. The lowest BCUT2D eigenvalue weighted by atomic mass is 10.3. The van der Waals surface area contributed by atoms with E-state index in [1.54, 1.807) is 0 Å². The highest BCUT2D eigenvalue weighted by Crippen LogP contribution is 2.38. The maximum atomic E-state index is 5.58. The standard InChI is InChI=1S/C9H18N2/c10-6-8-5-9(8)7-11-3-1-2-4-11/h8-9H,1-7,10H2. The maximum Gasteiger partial charge on any atom is 0.00129 e. The summed E-state index contributed by atoms with van der Waals surface area (Å²) in [4.78, 5) is 2.60. The average Bonchev–Trinajstić information content (AvgIpc) is 2.54. The molecule has 2 heteroatoms. The number of nitrogens with two attached hydrogens (primary N) is 1. The first-order valence-electron chi connectivity index (χ1n) is 4.82. The quantitative estimate of drug-likeness (QED) is 0.647. The maximum absolute atomic E-state index is 5.58. The van der Waals surface area contributed by atoms with Gasteiger partial charge in [-0.25, -0.2) is 0 Å². The molecule has 0 radical (unpaired) electrons. The van der Waals surface area contributed by atoms with Gasteiger partial charge in [0, 0.05) is 6.54 Å². The van der Waals surface area contributed by atoms with Crippen LogP contribution in [0.15, 0.2) is 0 Å². The molecular weight excluding hydrogens is 136 g/mol. The molecule has 0 spiro atoms. The van der Waals surface area contributed by atoms with Crippen molar-refractivity contribution in [1.82, 2.24) is 4.90 Å². The number of hydrogen-bond acceptors (Lipinski definition) is 2. The van der Waals surface area contributed by atoms with Crippen molar-refractivity contribution in [2.24, 2.45) is 17.6 Å². The van der Waals surface area contributed by atoms with Crippen LogP contribution < -0.4 is 5.73 Å². The smallest absolute Gasteiger partial charge is 0.00129 e. The second-order valence-electron chi connectivity index (χ2n) is 4.00. The number of nitrogens with zero attached hydrogens (tertiary/aromatic N) is 1. The van der Waals surface area contributed by atoms with Crippen LogP contribution in [-0.2, 0) is 0 Å². The predicted molar refractivity (Wildman–Crippen MR) is 46.3 cm³/mol. The van der Waals surface area contributed by atoms with Crippen LogP contribution in [0.1, 0.15) is 19.3 Å². The number of likely N-dealkylation sites (tertiary alicyclic amines) is 1. The molecule has 0 aromatic heterocycles. The highest BCUT2D eigenvalue weighted by atomic mass is 15.1. The van der Waals surface area contributed by atoms with Crippen LogP contribution in [0.2, 0.25) is 0 Å². The summed E-state index contributed by atoms with van der Waals surface area (Å²) in [5, 5.41) is 0. The molecule has 64 valence electrons. The van der Waals surface area contributed by atoms with Gasteiger partial charge in [0.2, 0.25) is 0 Å². The minimum absolute atomic E-state index is 0.871. The van der Waals surface area contributed by atoms with Gasteiger partial charge in [-0.05, 0) is 50.7 Å². The molecule has 0 aromatic rings. The summed E-state index contributed by atoms with van der Waals surface area (Å²) in [6, 6.07) is 0. The fourth-order valence-corrected chi connectivity index (χ4v) is 2.12. The Kier molecular flexibility index (Phi) is 2.14. The minimum Gasteiger partial charge on any atom is -0.330 e. The summed E-state index contributed by atoms with van der Waals surface area (Å²) in [6.45, 7) is 4.93. The summed E-state index contributed by atoms with van der Waals surface area (Å²) in [7, 11) is 0. The zero-order chi connectivity index (χ0) is 7.68. The highest BCUT2D eigenvalue weighted by molar-refractivity contribution is 4.89. The van der Waals surface area contributed by atoms with E-state index in [1.807, 2.05) is 0 Å². The van der Waals surface area contributed by atoms with Gasteiger partial charge in [0.25, 0.3) is 0 Å². The molecule has 0 aromatic carbocycles. The molecule has 2 rings (SSSR count). The SMILES string of the molecule is NCC1CC1CN1CCCC1. The van der Waals surface area contributed by atoms with Crippen molar-refractivity contribution in [2.75, 3.05) is 26.2 Å². The van der Waals surface area contributed by atoms with E-state index in [0.717, 1.165) is 18.4 Å². The van der Waals surface area contributed by atoms with E-state index in [2.05, 4.69) is 4.90 Å². The van der Waals surface area contributed by atoms with Crippen molar-refractivity contribution >= 4 is 0 Å². The Morgan fingerprint density at radius 1 is 1.18 bits per heavy atom. The molecule has 2 fully saturated rings. The summed E-state index contributed by atoms with van der Waals surface area (Å²) >= 11 is 0. The molecule has 2 aliphatic rings. The Hall–Kier alpha value is -0.0800. The van der Waals surface area contributed by atoms with Crippen molar-refractivity contribution in [1.29, 1.82) is 0 Å². The lowest BCUT2D eigenvalue weighted by Crippen LogP contribution is -2.22. The topological polar surface area (TPSA) is 29.3 Å². The van der Waals surface area contributed by atoms with E-state index in [-0.39, 0.29) is 0 Å². The van der Waals surface area contributed by atoms with Gasteiger partial charge < -0.3 is 10.6 Å². The van der Waals surface area contributed by atoms with Gasteiger partial charge in [-0.3, -0.25) is 0 Å². The highest BCUT2D eigenvalue weighted by Gasteiger charge is 2.36. The second kappa shape index (κ2) is 3.11. The first kappa shape index (κ1) is 7.56. The normalized spacial score (nSPS) is 37.9. The van der Waals surface area contributed by atoms with Crippen LogP contribution >= 0.6 is 0 Å². The van der Waals surface area contributed by atoms with Crippen LogP contribution in [0.5, 0.6) is 0 Å². The number of hydrogen-bond donors (Lipinski definition) is 1. The molecule has 1 aliphatic carbocycles. The molecule has 1 heterocycles. The summed E-state index contributed by atoms with van der Waals surface area (Å²) in [6.07, 6.45) is 4.23. The Morgan fingerprint density at radius 3 is 2.45 bits per heavy atom. The van der Waals surface area contributed by atoms with Crippen LogP contribution in [-0.4, -0.2) is 31.1 Å². The van der Waals surface area contributed by atoms with E-state index >= 15 is 0 Å². The van der Waals surface area contributed by atoms with Gasteiger partial charge in [-0.1, -0.05) is 0 Å². The van der Waals surface area contributed by atoms with Gasteiger partial charge in [0.05, 0.1) is 0 Å². The van der Waals surface area contributed by atoms with E-state index in [0.29, 0.717) is 0 Å². The molecule has 11 heavy (non-hydrogen) atoms. The fourth-order valence-electron chi connectivity index (χ4n) is 2.12. The molecule has 0 bridgehead atoms. The van der Waals surface area contributed by atoms with Crippen LogP contribution in [0, 0.1) is 11.8 Å². The van der Waals surface area contributed by atoms with Gasteiger partial charge in [0.1, 0.15) is 0 Å². The first-order chi connectivity index (χ1) is 5.40.